The highest BCUT2D eigenvalue weighted by atomic mass is 32.2. The lowest BCUT2D eigenvalue weighted by Gasteiger charge is -2.30. The number of amides is 1. The molecule has 0 bridgehead atoms. The van der Waals surface area contributed by atoms with Crippen molar-refractivity contribution >= 4 is 21.6 Å². The molecule has 8 heteroatoms. The van der Waals surface area contributed by atoms with Gasteiger partial charge in [-0.15, -0.1) is 0 Å². The van der Waals surface area contributed by atoms with Crippen LogP contribution in [0.2, 0.25) is 0 Å². The number of nitrogens with zero attached hydrogens (tertiary/aromatic N) is 1. The van der Waals surface area contributed by atoms with Gasteiger partial charge in [0.15, 0.2) is 0 Å². The number of ether oxygens (including phenoxy) is 2. The zero-order valence-corrected chi connectivity index (χ0v) is 19.8. The molecule has 0 fully saturated rings. The lowest BCUT2D eigenvalue weighted by molar-refractivity contribution is -0.122. The molecule has 1 N–H and O–H groups in total. The first-order valence-electron chi connectivity index (χ1n) is 10.1. The number of carbonyl (C=O) groups is 1. The van der Waals surface area contributed by atoms with Gasteiger partial charge < -0.3 is 14.8 Å². The Morgan fingerprint density at radius 3 is 1.84 bits per heavy atom. The molecule has 0 aliphatic heterocycles. The maximum absolute atomic E-state index is 13.1. The quantitative estimate of drug-likeness (QED) is 0.598. The number of anilines is 1. The average Bonchev–Trinajstić information content (AvgIpc) is 2.72. The molecule has 0 aliphatic carbocycles. The van der Waals surface area contributed by atoms with Crippen LogP contribution in [0.15, 0.2) is 48.5 Å². The zero-order chi connectivity index (χ0) is 23.2. The summed E-state index contributed by atoms with van der Waals surface area (Å²) in [5.74, 6) is 1.29. The Bertz CT molecular complexity index is 956. The van der Waals surface area contributed by atoms with Gasteiger partial charge in [-0.1, -0.05) is 26.0 Å². The van der Waals surface area contributed by atoms with Crippen LogP contribution in [0.5, 0.6) is 11.5 Å². The summed E-state index contributed by atoms with van der Waals surface area (Å²) >= 11 is 0. The summed E-state index contributed by atoms with van der Waals surface area (Å²) < 4.78 is 36.6. The van der Waals surface area contributed by atoms with E-state index in [0.29, 0.717) is 23.8 Å². The standard InChI is InChI=1S/C23H32N2O5S/c1-16(2)15-22(18-7-11-20(29-4)12-8-18)24-23(26)17(3)25(31(6,27)28)19-9-13-21(30-5)14-10-19/h7-14,16-17,22H,15H2,1-6H3,(H,24,26)/t17-,22-/m0/s1. The molecule has 0 heterocycles. The normalized spacial score (nSPS) is 13.4. The summed E-state index contributed by atoms with van der Waals surface area (Å²) in [7, 11) is -0.564. The van der Waals surface area contributed by atoms with Crippen molar-refractivity contribution < 1.29 is 22.7 Å². The SMILES string of the molecule is COc1ccc([C@H](CC(C)C)NC(=O)[C@H](C)N(c2ccc(OC)cc2)S(C)(=O)=O)cc1. The molecule has 0 spiro atoms. The van der Waals surface area contributed by atoms with Crippen LogP contribution in [-0.4, -0.2) is 40.8 Å². The minimum absolute atomic E-state index is 0.252. The van der Waals surface area contributed by atoms with Crippen LogP contribution < -0.4 is 19.1 Å². The summed E-state index contributed by atoms with van der Waals surface area (Å²) in [4.78, 5) is 13.1. The van der Waals surface area contributed by atoms with Gasteiger partial charge in [-0.3, -0.25) is 9.10 Å². The van der Waals surface area contributed by atoms with E-state index in [-0.39, 0.29) is 11.9 Å². The molecule has 1 amide bonds. The van der Waals surface area contributed by atoms with E-state index in [1.165, 1.54) is 7.11 Å². The van der Waals surface area contributed by atoms with E-state index in [0.717, 1.165) is 21.9 Å². The highest BCUT2D eigenvalue weighted by Crippen LogP contribution is 2.26. The molecule has 2 atom stereocenters. The highest BCUT2D eigenvalue weighted by Gasteiger charge is 2.30. The number of methoxy groups -OCH3 is 2. The molecule has 7 nitrogen and oxygen atoms in total. The Balaban J connectivity index is 2.30. The summed E-state index contributed by atoms with van der Waals surface area (Å²) in [6.45, 7) is 5.74. The van der Waals surface area contributed by atoms with Crippen molar-refractivity contribution in [2.24, 2.45) is 5.92 Å². The minimum atomic E-state index is -3.70. The number of benzene rings is 2. The fourth-order valence-corrected chi connectivity index (χ4v) is 4.59. The van der Waals surface area contributed by atoms with E-state index < -0.39 is 16.1 Å². The predicted molar refractivity (Wildman–Crippen MR) is 123 cm³/mol. The Labute approximate surface area is 185 Å². The first kappa shape index (κ1) is 24.5. The molecule has 0 aromatic heterocycles. The number of nitrogens with one attached hydrogen (secondary N) is 1. The van der Waals surface area contributed by atoms with Crippen LogP contribution in [0, 0.1) is 5.92 Å². The largest absolute Gasteiger partial charge is 0.497 e. The van der Waals surface area contributed by atoms with Gasteiger partial charge >= 0.3 is 0 Å². The summed E-state index contributed by atoms with van der Waals surface area (Å²) in [5.41, 5.74) is 1.33. The highest BCUT2D eigenvalue weighted by molar-refractivity contribution is 7.92. The number of carbonyl (C=O) groups excluding carboxylic acids is 1. The van der Waals surface area contributed by atoms with Gasteiger partial charge in [0.1, 0.15) is 17.5 Å². The van der Waals surface area contributed by atoms with Crippen LogP contribution in [0.4, 0.5) is 5.69 Å². The van der Waals surface area contributed by atoms with E-state index in [1.54, 1.807) is 38.3 Å². The molecule has 2 aromatic carbocycles. The van der Waals surface area contributed by atoms with Gasteiger partial charge in [0.05, 0.1) is 32.2 Å². The van der Waals surface area contributed by atoms with Gasteiger partial charge in [-0.2, -0.15) is 0 Å². The molecule has 0 saturated carbocycles. The fourth-order valence-electron chi connectivity index (χ4n) is 3.42. The molecular formula is C23H32N2O5S. The summed E-state index contributed by atoms with van der Waals surface area (Å²) in [6, 6.07) is 12.9. The van der Waals surface area contributed by atoms with Crippen LogP contribution >= 0.6 is 0 Å². The molecule has 0 saturated heterocycles. The first-order chi connectivity index (χ1) is 14.6. The van der Waals surface area contributed by atoms with Crippen LogP contribution in [0.1, 0.15) is 38.8 Å². The van der Waals surface area contributed by atoms with Crippen LogP contribution in [0.25, 0.3) is 0 Å². The second-order valence-electron chi connectivity index (χ2n) is 7.90. The first-order valence-corrected chi connectivity index (χ1v) is 12.0. The third-order valence-electron chi connectivity index (χ3n) is 4.96. The minimum Gasteiger partial charge on any atom is -0.497 e. The molecule has 0 aliphatic rings. The average molecular weight is 449 g/mol. The Kier molecular flexibility index (Phi) is 8.33. The topological polar surface area (TPSA) is 84.9 Å². The number of rotatable bonds is 10. The number of hydrogen-bond acceptors (Lipinski definition) is 5. The van der Waals surface area contributed by atoms with Crippen molar-refractivity contribution in [2.75, 3.05) is 24.8 Å². The molecule has 31 heavy (non-hydrogen) atoms. The second-order valence-corrected chi connectivity index (χ2v) is 9.76. The molecule has 0 unspecified atom stereocenters. The van der Waals surface area contributed by atoms with Crippen molar-refractivity contribution in [1.29, 1.82) is 0 Å². The van der Waals surface area contributed by atoms with Crippen molar-refractivity contribution in [2.45, 2.75) is 39.3 Å². The maximum atomic E-state index is 13.1. The van der Waals surface area contributed by atoms with Crippen molar-refractivity contribution in [3.8, 4) is 11.5 Å². The van der Waals surface area contributed by atoms with E-state index in [2.05, 4.69) is 19.2 Å². The Morgan fingerprint density at radius 1 is 0.935 bits per heavy atom. The maximum Gasteiger partial charge on any atom is 0.244 e. The number of hydrogen-bond donors (Lipinski definition) is 1. The zero-order valence-electron chi connectivity index (χ0n) is 19.0. The fraction of sp³-hybridized carbons (Fsp3) is 0.435. The monoisotopic (exact) mass is 448 g/mol. The van der Waals surface area contributed by atoms with E-state index in [1.807, 2.05) is 24.3 Å². The summed E-state index contributed by atoms with van der Waals surface area (Å²) in [5, 5.41) is 3.04. The number of sulfonamides is 1. The van der Waals surface area contributed by atoms with Gasteiger partial charge in [0.25, 0.3) is 0 Å². The predicted octanol–water partition coefficient (Wildman–Crippen LogP) is 3.76. The molecule has 170 valence electrons. The van der Waals surface area contributed by atoms with E-state index in [4.69, 9.17) is 9.47 Å². The van der Waals surface area contributed by atoms with E-state index >= 15 is 0 Å². The third kappa shape index (κ3) is 6.62. The van der Waals surface area contributed by atoms with Gasteiger partial charge in [-0.05, 0) is 61.2 Å². The Morgan fingerprint density at radius 2 is 1.42 bits per heavy atom. The van der Waals surface area contributed by atoms with E-state index in [9.17, 15) is 13.2 Å². The Hall–Kier alpha value is -2.74. The van der Waals surface area contributed by atoms with Crippen LogP contribution in [0.3, 0.4) is 0 Å². The van der Waals surface area contributed by atoms with Crippen molar-refractivity contribution in [3.05, 3.63) is 54.1 Å². The molecular weight excluding hydrogens is 416 g/mol. The summed E-state index contributed by atoms with van der Waals surface area (Å²) in [6.07, 6.45) is 1.81. The molecule has 0 radical (unpaired) electrons. The smallest absolute Gasteiger partial charge is 0.244 e. The van der Waals surface area contributed by atoms with Gasteiger partial charge in [-0.25, -0.2) is 8.42 Å². The van der Waals surface area contributed by atoms with Crippen molar-refractivity contribution in [3.63, 3.8) is 0 Å². The van der Waals surface area contributed by atoms with Crippen LogP contribution in [-0.2, 0) is 14.8 Å². The lowest BCUT2D eigenvalue weighted by Crippen LogP contribution is -2.48. The third-order valence-corrected chi connectivity index (χ3v) is 6.20. The molecule has 2 aromatic rings. The van der Waals surface area contributed by atoms with Gasteiger partial charge in [0, 0.05) is 0 Å². The van der Waals surface area contributed by atoms with Crippen molar-refractivity contribution in [1.82, 2.24) is 5.32 Å². The second kappa shape index (κ2) is 10.5. The molecule has 2 rings (SSSR count). The van der Waals surface area contributed by atoms with Gasteiger partial charge in [0.2, 0.25) is 15.9 Å². The lowest BCUT2D eigenvalue weighted by atomic mass is 9.96.